The fraction of sp³-hybridized carbons (Fsp3) is 0.917. The number of methoxy groups -OCH3 is 1. The van der Waals surface area contributed by atoms with Gasteiger partial charge in [0.15, 0.2) is 0 Å². The lowest BCUT2D eigenvalue weighted by atomic mass is 10.0. The Morgan fingerprint density at radius 3 is 2.47 bits per heavy atom. The largest absolute Gasteiger partial charge is 0.383 e. The van der Waals surface area contributed by atoms with Crippen LogP contribution in [0.2, 0.25) is 0 Å². The SMILES string of the molecule is COCCNC(=O)CNC(CN(C)C)C(C)C. The van der Waals surface area contributed by atoms with Gasteiger partial charge < -0.3 is 20.3 Å². The van der Waals surface area contributed by atoms with E-state index in [2.05, 4.69) is 29.4 Å². The molecular formula is C12H27N3O2. The Morgan fingerprint density at radius 1 is 1.35 bits per heavy atom. The summed E-state index contributed by atoms with van der Waals surface area (Å²) < 4.78 is 4.87. The summed E-state index contributed by atoms with van der Waals surface area (Å²) in [5.74, 6) is 0.524. The van der Waals surface area contributed by atoms with Crippen molar-refractivity contribution < 1.29 is 9.53 Å². The molecule has 1 atom stereocenters. The van der Waals surface area contributed by atoms with Crippen LogP contribution in [-0.4, -0.2) is 64.3 Å². The standard InChI is InChI=1S/C12H27N3O2/c1-10(2)11(9-15(3)4)14-8-12(16)13-6-7-17-5/h10-11,14H,6-9H2,1-5H3,(H,13,16). The third kappa shape index (κ3) is 9.09. The van der Waals surface area contributed by atoms with E-state index in [1.165, 1.54) is 0 Å². The molecule has 0 aliphatic heterocycles. The highest BCUT2D eigenvalue weighted by Gasteiger charge is 2.14. The molecule has 0 spiro atoms. The topological polar surface area (TPSA) is 53.6 Å². The molecule has 0 rings (SSSR count). The second-order valence-corrected chi connectivity index (χ2v) is 4.84. The molecule has 0 heterocycles. The van der Waals surface area contributed by atoms with Crippen LogP contribution in [0.15, 0.2) is 0 Å². The van der Waals surface area contributed by atoms with Crippen molar-refractivity contribution in [3.05, 3.63) is 0 Å². The molecule has 0 fully saturated rings. The number of nitrogens with zero attached hydrogens (tertiary/aromatic N) is 1. The average Bonchev–Trinajstić information content (AvgIpc) is 2.23. The van der Waals surface area contributed by atoms with Crippen LogP contribution >= 0.6 is 0 Å². The molecule has 5 heteroatoms. The van der Waals surface area contributed by atoms with Gasteiger partial charge in [-0.15, -0.1) is 0 Å². The molecule has 1 unspecified atom stereocenters. The first kappa shape index (κ1) is 16.4. The Labute approximate surface area is 105 Å². The van der Waals surface area contributed by atoms with Crippen molar-refractivity contribution in [3.63, 3.8) is 0 Å². The molecule has 102 valence electrons. The number of hydrogen-bond acceptors (Lipinski definition) is 4. The van der Waals surface area contributed by atoms with E-state index in [0.717, 1.165) is 6.54 Å². The Bertz CT molecular complexity index is 208. The molecule has 0 bridgehead atoms. The minimum absolute atomic E-state index is 0.0199. The minimum atomic E-state index is 0.0199. The summed E-state index contributed by atoms with van der Waals surface area (Å²) in [4.78, 5) is 13.6. The van der Waals surface area contributed by atoms with E-state index < -0.39 is 0 Å². The molecule has 0 aliphatic rings. The second-order valence-electron chi connectivity index (χ2n) is 4.84. The van der Waals surface area contributed by atoms with Gasteiger partial charge in [-0.3, -0.25) is 4.79 Å². The number of amides is 1. The van der Waals surface area contributed by atoms with Crippen LogP contribution in [0.1, 0.15) is 13.8 Å². The van der Waals surface area contributed by atoms with Crippen molar-refractivity contribution in [2.24, 2.45) is 5.92 Å². The van der Waals surface area contributed by atoms with E-state index in [0.29, 0.717) is 31.7 Å². The molecule has 0 aromatic rings. The van der Waals surface area contributed by atoms with Crippen molar-refractivity contribution in [2.45, 2.75) is 19.9 Å². The molecule has 0 aliphatic carbocycles. The molecule has 0 aromatic heterocycles. The van der Waals surface area contributed by atoms with Gasteiger partial charge >= 0.3 is 0 Å². The Balaban J connectivity index is 3.83. The van der Waals surface area contributed by atoms with Gasteiger partial charge in [-0.05, 0) is 20.0 Å². The van der Waals surface area contributed by atoms with Crippen molar-refractivity contribution in [1.82, 2.24) is 15.5 Å². The maximum atomic E-state index is 11.5. The predicted octanol–water partition coefficient (Wildman–Crippen LogP) is -0.0752. The third-order valence-corrected chi connectivity index (χ3v) is 2.52. The number of likely N-dealkylation sites (N-methyl/N-ethyl adjacent to an activating group) is 1. The van der Waals surface area contributed by atoms with E-state index in [9.17, 15) is 4.79 Å². The molecule has 5 nitrogen and oxygen atoms in total. The first-order chi connectivity index (χ1) is 7.97. The normalized spacial score (nSPS) is 13.1. The van der Waals surface area contributed by atoms with Crippen molar-refractivity contribution in [3.8, 4) is 0 Å². The Hall–Kier alpha value is -0.650. The smallest absolute Gasteiger partial charge is 0.234 e. The fourth-order valence-corrected chi connectivity index (χ4v) is 1.48. The molecular weight excluding hydrogens is 218 g/mol. The number of carbonyl (C=O) groups is 1. The van der Waals surface area contributed by atoms with Gasteiger partial charge in [-0.25, -0.2) is 0 Å². The van der Waals surface area contributed by atoms with Crippen LogP contribution in [-0.2, 0) is 9.53 Å². The number of rotatable bonds is 9. The first-order valence-electron chi connectivity index (χ1n) is 6.11. The molecule has 0 saturated carbocycles. The highest BCUT2D eigenvalue weighted by atomic mass is 16.5. The summed E-state index contributed by atoms with van der Waals surface area (Å²) in [7, 11) is 5.70. The summed E-state index contributed by atoms with van der Waals surface area (Å²) in [6.07, 6.45) is 0. The summed E-state index contributed by atoms with van der Waals surface area (Å²) in [6, 6.07) is 0.332. The Kier molecular flexibility index (Phi) is 9.03. The quantitative estimate of drug-likeness (QED) is 0.558. The summed E-state index contributed by atoms with van der Waals surface area (Å²) in [6.45, 7) is 6.73. The zero-order valence-electron chi connectivity index (χ0n) is 11.7. The highest BCUT2D eigenvalue weighted by Crippen LogP contribution is 2.01. The van der Waals surface area contributed by atoms with Crippen molar-refractivity contribution >= 4 is 5.91 Å². The highest BCUT2D eigenvalue weighted by molar-refractivity contribution is 5.77. The van der Waals surface area contributed by atoms with Crippen LogP contribution < -0.4 is 10.6 Å². The zero-order chi connectivity index (χ0) is 13.3. The fourth-order valence-electron chi connectivity index (χ4n) is 1.48. The number of nitrogens with one attached hydrogen (secondary N) is 2. The van der Waals surface area contributed by atoms with E-state index in [-0.39, 0.29) is 5.91 Å². The van der Waals surface area contributed by atoms with Crippen LogP contribution in [0.4, 0.5) is 0 Å². The number of hydrogen-bond donors (Lipinski definition) is 2. The van der Waals surface area contributed by atoms with Gasteiger partial charge in [0.2, 0.25) is 5.91 Å². The monoisotopic (exact) mass is 245 g/mol. The summed E-state index contributed by atoms with van der Waals surface area (Å²) >= 11 is 0. The van der Waals surface area contributed by atoms with E-state index >= 15 is 0 Å². The second kappa shape index (κ2) is 9.39. The van der Waals surface area contributed by atoms with Crippen molar-refractivity contribution in [1.29, 1.82) is 0 Å². The van der Waals surface area contributed by atoms with Crippen LogP contribution in [0.5, 0.6) is 0 Å². The third-order valence-electron chi connectivity index (χ3n) is 2.52. The summed E-state index contributed by atoms with van der Waals surface area (Å²) in [5, 5.41) is 6.07. The number of ether oxygens (including phenoxy) is 1. The average molecular weight is 245 g/mol. The van der Waals surface area contributed by atoms with Gasteiger partial charge in [-0.2, -0.15) is 0 Å². The zero-order valence-corrected chi connectivity index (χ0v) is 11.7. The molecule has 1 amide bonds. The minimum Gasteiger partial charge on any atom is -0.383 e. The molecule has 0 aromatic carbocycles. The van der Waals surface area contributed by atoms with Gasteiger partial charge in [-0.1, -0.05) is 13.8 Å². The van der Waals surface area contributed by atoms with Gasteiger partial charge in [0.25, 0.3) is 0 Å². The van der Waals surface area contributed by atoms with Gasteiger partial charge in [0.05, 0.1) is 13.2 Å². The predicted molar refractivity (Wildman–Crippen MR) is 70.1 cm³/mol. The lowest BCUT2D eigenvalue weighted by Crippen LogP contribution is -2.46. The van der Waals surface area contributed by atoms with E-state index in [1.54, 1.807) is 7.11 Å². The molecule has 17 heavy (non-hydrogen) atoms. The van der Waals surface area contributed by atoms with Crippen LogP contribution in [0.3, 0.4) is 0 Å². The maximum absolute atomic E-state index is 11.5. The van der Waals surface area contributed by atoms with Crippen LogP contribution in [0.25, 0.3) is 0 Å². The van der Waals surface area contributed by atoms with E-state index in [1.807, 2.05) is 14.1 Å². The molecule has 0 saturated heterocycles. The van der Waals surface area contributed by atoms with Crippen molar-refractivity contribution in [2.75, 3.05) is 47.4 Å². The van der Waals surface area contributed by atoms with Gasteiger partial charge in [0.1, 0.15) is 0 Å². The van der Waals surface area contributed by atoms with E-state index in [4.69, 9.17) is 4.74 Å². The molecule has 0 radical (unpaired) electrons. The first-order valence-corrected chi connectivity index (χ1v) is 6.11. The number of carbonyl (C=O) groups excluding carboxylic acids is 1. The lowest BCUT2D eigenvalue weighted by molar-refractivity contribution is -0.120. The maximum Gasteiger partial charge on any atom is 0.234 e. The lowest BCUT2D eigenvalue weighted by Gasteiger charge is -2.25. The van der Waals surface area contributed by atoms with Crippen LogP contribution in [0, 0.1) is 5.92 Å². The summed E-state index contributed by atoms with van der Waals surface area (Å²) in [5.41, 5.74) is 0. The molecule has 2 N–H and O–H groups in total. The Morgan fingerprint density at radius 2 is 2.00 bits per heavy atom. The van der Waals surface area contributed by atoms with Gasteiger partial charge in [0, 0.05) is 26.2 Å².